The lowest BCUT2D eigenvalue weighted by Gasteiger charge is -2.16. The first-order valence-corrected chi connectivity index (χ1v) is 10.8. The number of esters is 1. The predicted molar refractivity (Wildman–Crippen MR) is 111 cm³/mol. The Morgan fingerprint density at radius 3 is 2.68 bits per heavy atom. The first-order chi connectivity index (χ1) is 13.3. The van der Waals surface area contributed by atoms with Crippen LogP contribution in [0.25, 0.3) is 0 Å². The van der Waals surface area contributed by atoms with Crippen LogP contribution in [0, 0.1) is 11.8 Å². The molecule has 0 spiro atoms. The van der Waals surface area contributed by atoms with Crippen LogP contribution in [-0.2, 0) is 14.3 Å². The van der Waals surface area contributed by atoms with Gasteiger partial charge in [-0.3, -0.25) is 9.59 Å². The van der Waals surface area contributed by atoms with Crippen LogP contribution >= 0.6 is 0 Å². The van der Waals surface area contributed by atoms with E-state index in [1.54, 1.807) is 6.08 Å². The third kappa shape index (κ3) is 9.65. The van der Waals surface area contributed by atoms with Gasteiger partial charge in [-0.1, -0.05) is 50.5 Å². The summed E-state index contributed by atoms with van der Waals surface area (Å²) >= 11 is 0. The molecular formula is C23H38O5. The number of allylic oxidation sites excluding steroid dienone is 2. The largest absolute Gasteiger partial charge is 0.463 e. The van der Waals surface area contributed by atoms with Gasteiger partial charge >= 0.3 is 5.97 Å². The van der Waals surface area contributed by atoms with Gasteiger partial charge in [0.25, 0.3) is 0 Å². The molecule has 1 rings (SSSR count). The number of ketones is 1. The quantitative estimate of drug-likeness (QED) is 0.279. The van der Waals surface area contributed by atoms with E-state index in [0.29, 0.717) is 19.3 Å². The van der Waals surface area contributed by atoms with Gasteiger partial charge in [-0.2, -0.15) is 0 Å². The zero-order valence-electron chi connectivity index (χ0n) is 17.7. The molecule has 1 fully saturated rings. The smallest absolute Gasteiger partial charge is 0.306 e. The first kappa shape index (κ1) is 24.6. The summed E-state index contributed by atoms with van der Waals surface area (Å²) in [5, 5.41) is 20.2. The SMILES string of the molecule is CCCCC[C@H](O)/C=C/[C@H]1[C@H](O)CC(=O)[C@@H]1C/C=C/CCCC(=O)OC(C)C. The molecule has 0 bridgehead atoms. The summed E-state index contributed by atoms with van der Waals surface area (Å²) in [7, 11) is 0. The van der Waals surface area contributed by atoms with Crippen LogP contribution in [0.1, 0.15) is 78.6 Å². The number of rotatable bonds is 13. The number of aliphatic hydroxyl groups is 2. The van der Waals surface area contributed by atoms with E-state index in [2.05, 4.69) is 6.92 Å². The van der Waals surface area contributed by atoms with E-state index >= 15 is 0 Å². The molecule has 0 aromatic carbocycles. The summed E-state index contributed by atoms with van der Waals surface area (Å²) in [5.41, 5.74) is 0. The van der Waals surface area contributed by atoms with Crippen molar-refractivity contribution in [1.82, 2.24) is 0 Å². The van der Waals surface area contributed by atoms with Gasteiger partial charge in [-0.05, 0) is 39.5 Å². The molecule has 0 aliphatic heterocycles. The summed E-state index contributed by atoms with van der Waals surface area (Å²) in [4.78, 5) is 23.7. The maximum absolute atomic E-state index is 12.2. The van der Waals surface area contributed by atoms with Crippen LogP contribution in [0.3, 0.4) is 0 Å². The van der Waals surface area contributed by atoms with Gasteiger partial charge < -0.3 is 14.9 Å². The molecular weight excluding hydrogens is 356 g/mol. The maximum atomic E-state index is 12.2. The Labute approximate surface area is 169 Å². The van der Waals surface area contributed by atoms with Crippen LogP contribution in [-0.4, -0.2) is 40.3 Å². The summed E-state index contributed by atoms with van der Waals surface area (Å²) < 4.78 is 5.09. The van der Waals surface area contributed by atoms with Gasteiger partial charge in [0.1, 0.15) is 5.78 Å². The van der Waals surface area contributed by atoms with E-state index in [1.165, 1.54) is 0 Å². The Morgan fingerprint density at radius 2 is 2.00 bits per heavy atom. The van der Waals surface area contributed by atoms with Gasteiger partial charge in [-0.15, -0.1) is 0 Å². The zero-order valence-corrected chi connectivity index (χ0v) is 17.7. The van der Waals surface area contributed by atoms with Crippen molar-refractivity contribution >= 4 is 11.8 Å². The average Bonchev–Trinajstić information content (AvgIpc) is 2.88. The van der Waals surface area contributed by atoms with E-state index in [9.17, 15) is 19.8 Å². The second kappa shape index (κ2) is 13.7. The Balaban J connectivity index is 2.42. The van der Waals surface area contributed by atoms with Crippen LogP contribution in [0.5, 0.6) is 0 Å². The molecule has 0 unspecified atom stereocenters. The topological polar surface area (TPSA) is 83.8 Å². The number of ether oxygens (including phenoxy) is 1. The molecule has 0 radical (unpaired) electrons. The molecule has 0 saturated heterocycles. The third-order valence-electron chi connectivity index (χ3n) is 5.07. The number of hydrogen-bond acceptors (Lipinski definition) is 5. The van der Waals surface area contributed by atoms with Crippen LogP contribution in [0.4, 0.5) is 0 Å². The normalized spacial score (nSPS) is 23.9. The number of hydrogen-bond donors (Lipinski definition) is 2. The maximum Gasteiger partial charge on any atom is 0.306 e. The number of Topliss-reactive ketones (excluding diaryl/α,β-unsaturated/α-hetero) is 1. The van der Waals surface area contributed by atoms with Crippen molar-refractivity contribution in [3.8, 4) is 0 Å². The first-order valence-electron chi connectivity index (χ1n) is 10.8. The summed E-state index contributed by atoms with van der Waals surface area (Å²) in [5.74, 6) is -0.580. The van der Waals surface area contributed by atoms with Gasteiger partial charge in [0.15, 0.2) is 0 Å². The second-order valence-corrected chi connectivity index (χ2v) is 8.01. The summed E-state index contributed by atoms with van der Waals surface area (Å²) in [6, 6.07) is 0. The monoisotopic (exact) mass is 394 g/mol. The zero-order chi connectivity index (χ0) is 20.9. The molecule has 5 heteroatoms. The lowest BCUT2D eigenvalue weighted by molar-refractivity contribution is -0.147. The lowest BCUT2D eigenvalue weighted by Crippen LogP contribution is -2.18. The number of aliphatic hydroxyl groups excluding tert-OH is 2. The lowest BCUT2D eigenvalue weighted by atomic mass is 9.90. The Hall–Kier alpha value is -1.46. The molecule has 0 amide bonds. The van der Waals surface area contributed by atoms with Crippen molar-refractivity contribution in [3.05, 3.63) is 24.3 Å². The van der Waals surface area contributed by atoms with Crippen molar-refractivity contribution < 1.29 is 24.5 Å². The highest BCUT2D eigenvalue weighted by Crippen LogP contribution is 2.33. The van der Waals surface area contributed by atoms with Crippen LogP contribution < -0.4 is 0 Å². The highest BCUT2D eigenvalue weighted by atomic mass is 16.5. The van der Waals surface area contributed by atoms with Gasteiger partial charge in [-0.25, -0.2) is 0 Å². The molecule has 2 N–H and O–H groups in total. The fourth-order valence-electron chi connectivity index (χ4n) is 3.53. The molecule has 160 valence electrons. The van der Waals surface area contributed by atoms with E-state index in [0.717, 1.165) is 32.1 Å². The Morgan fingerprint density at radius 1 is 1.25 bits per heavy atom. The van der Waals surface area contributed by atoms with Crippen molar-refractivity contribution in [2.24, 2.45) is 11.8 Å². The molecule has 0 aromatic rings. The minimum atomic E-state index is -0.671. The molecule has 0 heterocycles. The van der Waals surface area contributed by atoms with Crippen LogP contribution in [0.15, 0.2) is 24.3 Å². The van der Waals surface area contributed by atoms with Crippen LogP contribution in [0.2, 0.25) is 0 Å². The van der Waals surface area contributed by atoms with Gasteiger partial charge in [0.05, 0.1) is 18.3 Å². The van der Waals surface area contributed by atoms with Crippen molar-refractivity contribution in [1.29, 1.82) is 0 Å². The van der Waals surface area contributed by atoms with E-state index in [-0.39, 0.29) is 36.1 Å². The third-order valence-corrected chi connectivity index (χ3v) is 5.07. The molecule has 1 aliphatic rings. The standard InChI is InChI=1S/C23H38O5/c1-4-5-8-11-18(24)14-15-20-19(21(25)16-22(20)26)12-9-6-7-10-13-23(27)28-17(2)3/h6,9,14-15,17-20,22,24,26H,4-5,7-8,10-13,16H2,1-3H3/b9-6+,15-14+/t18-,19+,20+,22+/m0/s1. The average molecular weight is 395 g/mol. The van der Waals surface area contributed by atoms with Gasteiger partial charge in [0.2, 0.25) is 0 Å². The molecule has 1 saturated carbocycles. The number of carbonyl (C=O) groups excluding carboxylic acids is 2. The summed E-state index contributed by atoms with van der Waals surface area (Å²) in [6.45, 7) is 5.79. The van der Waals surface area contributed by atoms with E-state index in [1.807, 2.05) is 32.1 Å². The van der Waals surface area contributed by atoms with Crippen molar-refractivity contribution in [3.63, 3.8) is 0 Å². The highest BCUT2D eigenvalue weighted by molar-refractivity contribution is 5.84. The number of unbranched alkanes of at least 4 members (excludes halogenated alkanes) is 3. The van der Waals surface area contributed by atoms with E-state index in [4.69, 9.17) is 4.74 Å². The highest BCUT2D eigenvalue weighted by Gasteiger charge is 2.39. The molecule has 5 nitrogen and oxygen atoms in total. The fraction of sp³-hybridized carbons (Fsp3) is 0.739. The van der Waals surface area contributed by atoms with E-state index < -0.39 is 12.2 Å². The Bertz CT molecular complexity index is 523. The molecule has 28 heavy (non-hydrogen) atoms. The van der Waals surface area contributed by atoms with Crippen molar-refractivity contribution in [2.45, 2.75) is 96.9 Å². The number of carbonyl (C=O) groups is 2. The fourth-order valence-corrected chi connectivity index (χ4v) is 3.53. The Kier molecular flexibility index (Phi) is 12.0. The second-order valence-electron chi connectivity index (χ2n) is 8.01. The predicted octanol–water partition coefficient (Wildman–Crippen LogP) is 4.12. The minimum Gasteiger partial charge on any atom is -0.463 e. The van der Waals surface area contributed by atoms with Crippen molar-refractivity contribution in [2.75, 3.05) is 0 Å². The molecule has 1 aliphatic carbocycles. The van der Waals surface area contributed by atoms with Gasteiger partial charge in [0, 0.05) is 24.7 Å². The minimum absolute atomic E-state index is 0.0767. The molecule has 4 atom stereocenters. The summed E-state index contributed by atoms with van der Waals surface area (Å²) in [6.07, 6.45) is 12.8. The molecule has 0 aromatic heterocycles.